The number of carbonyl (C=O) groups is 1. The number of hydrogen-bond acceptors (Lipinski definition) is 3. The van der Waals surface area contributed by atoms with Crippen molar-refractivity contribution >= 4 is 39.0 Å². The van der Waals surface area contributed by atoms with E-state index in [1.54, 1.807) is 18.3 Å². The van der Waals surface area contributed by atoms with E-state index < -0.39 is 0 Å². The third-order valence-electron chi connectivity index (χ3n) is 4.01. The van der Waals surface area contributed by atoms with Crippen molar-refractivity contribution in [1.29, 1.82) is 0 Å². The van der Waals surface area contributed by atoms with Crippen LogP contribution in [0.1, 0.15) is 11.3 Å². The van der Waals surface area contributed by atoms with Crippen molar-refractivity contribution in [1.82, 2.24) is 9.99 Å². The summed E-state index contributed by atoms with van der Waals surface area (Å²) in [6.45, 7) is 1.94. The van der Waals surface area contributed by atoms with Crippen molar-refractivity contribution in [3.05, 3.63) is 64.3 Å². The summed E-state index contributed by atoms with van der Waals surface area (Å²) in [6, 6.07) is 15.4. The standard InChI is InChI=1S/C19H18BrN3O2/c1-13-17(16-5-3-4-6-18(16)23(13)2)11-21-22-19(24)12-25-15-9-7-14(20)8-10-15/h3-11H,12H2,1-2H3,(H,22,24)/b21-11+. The fourth-order valence-electron chi connectivity index (χ4n) is 2.59. The van der Waals surface area contributed by atoms with E-state index in [-0.39, 0.29) is 12.5 Å². The first-order chi connectivity index (χ1) is 12.1. The van der Waals surface area contributed by atoms with Gasteiger partial charge < -0.3 is 9.30 Å². The van der Waals surface area contributed by atoms with Crippen LogP contribution in [0.25, 0.3) is 10.9 Å². The molecule has 1 N–H and O–H groups in total. The van der Waals surface area contributed by atoms with Crippen LogP contribution in [0.15, 0.2) is 58.1 Å². The number of nitrogens with one attached hydrogen (secondary N) is 1. The normalized spacial score (nSPS) is 11.2. The van der Waals surface area contributed by atoms with Crippen LogP contribution in [-0.2, 0) is 11.8 Å². The predicted octanol–water partition coefficient (Wildman–Crippen LogP) is 3.78. The molecule has 0 spiro atoms. The first kappa shape index (κ1) is 17.2. The number of carbonyl (C=O) groups excluding carboxylic acids is 1. The van der Waals surface area contributed by atoms with E-state index in [9.17, 15) is 4.79 Å². The molecule has 3 rings (SSSR count). The summed E-state index contributed by atoms with van der Waals surface area (Å²) >= 11 is 3.35. The highest BCUT2D eigenvalue weighted by Crippen LogP contribution is 2.23. The molecule has 0 saturated carbocycles. The number of amides is 1. The van der Waals surface area contributed by atoms with Gasteiger partial charge in [-0.1, -0.05) is 34.1 Å². The van der Waals surface area contributed by atoms with Gasteiger partial charge >= 0.3 is 0 Å². The van der Waals surface area contributed by atoms with Crippen molar-refractivity contribution in [2.24, 2.45) is 12.1 Å². The number of fused-ring (bicyclic) bond motifs is 1. The molecule has 0 unspecified atom stereocenters. The third kappa shape index (κ3) is 3.91. The smallest absolute Gasteiger partial charge is 0.277 e. The molecule has 1 heterocycles. The van der Waals surface area contributed by atoms with E-state index in [1.165, 1.54) is 0 Å². The number of rotatable bonds is 5. The van der Waals surface area contributed by atoms with Gasteiger partial charge in [0.25, 0.3) is 5.91 Å². The summed E-state index contributed by atoms with van der Waals surface area (Å²) in [6.07, 6.45) is 1.68. The van der Waals surface area contributed by atoms with Crippen LogP contribution in [0.2, 0.25) is 0 Å². The van der Waals surface area contributed by atoms with E-state index in [4.69, 9.17) is 4.74 Å². The van der Waals surface area contributed by atoms with Gasteiger partial charge in [0.2, 0.25) is 0 Å². The number of hydrazone groups is 1. The van der Waals surface area contributed by atoms with Crippen LogP contribution in [0.5, 0.6) is 5.75 Å². The molecule has 0 aliphatic heterocycles. The van der Waals surface area contributed by atoms with Crippen molar-refractivity contribution in [2.75, 3.05) is 6.61 Å². The number of aromatic nitrogens is 1. The Morgan fingerprint density at radius 3 is 2.72 bits per heavy atom. The zero-order valence-electron chi connectivity index (χ0n) is 14.0. The van der Waals surface area contributed by atoms with E-state index in [1.807, 2.05) is 44.3 Å². The average Bonchev–Trinajstić information content (AvgIpc) is 2.86. The lowest BCUT2D eigenvalue weighted by Gasteiger charge is -2.04. The van der Waals surface area contributed by atoms with E-state index >= 15 is 0 Å². The molecule has 0 saturated heterocycles. The van der Waals surface area contributed by atoms with Crippen LogP contribution >= 0.6 is 15.9 Å². The molecule has 25 heavy (non-hydrogen) atoms. The van der Waals surface area contributed by atoms with Gasteiger partial charge in [-0.25, -0.2) is 5.43 Å². The Kier molecular flexibility index (Phi) is 5.19. The minimum absolute atomic E-state index is 0.0898. The number of aryl methyl sites for hydroxylation is 1. The third-order valence-corrected chi connectivity index (χ3v) is 4.54. The lowest BCUT2D eigenvalue weighted by molar-refractivity contribution is -0.123. The monoisotopic (exact) mass is 399 g/mol. The summed E-state index contributed by atoms with van der Waals surface area (Å²) in [7, 11) is 2.01. The lowest BCUT2D eigenvalue weighted by Crippen LogP contribution is -2.24. The van der Waals surface area contributed by atoms with Crippen molar-refractivity contribution in [3.8, 4) is 5.75 Å². The summed E-state index contributed by atoms with van der Waals surface area (Å²) < 4.78 is 8.48. The van der Waals surface area contributed by atoms with E-state index in [0.717, 1.165) is 26.6 Å². The van der Waals surface area contributed by atoms with Crippen LogP contribution < -0.4 is 10.2 Å². The van der Waals surface area contributed by atoms with Crippen molar-refractivity contribution in [2.45, 2.75) is 6.92 Å². The number of hydrogen-bond donors (Lipinski definition) is 1. The average molecular weight is 400 g/mol. The fraction of sp³-hybridized carbons (Fsp3) is 0.158. The van der Waals surface area contributed by atoms with Crippen LogP contribution in [0.4, 0.5) is 0 Å². The fourth-order valence-corrected chi connectivity index (χ4v) is 2.86. The summed E-state index contributed by atoms with van der Waals surface area (Å²) in [5.41, 5.74) is 5.71. The zero-order valence-corrected chi connectivity index (χ0v) is 15.6. The molecule has 0 bridgehead atoms. The Morgan fingerprint density at radius 1 is 1.24 bits per heavy atom. The Morgan fingerprint density at radius 2 is 1.96 bits per heavy atom. The Balaban J connectivity index is 1.62. The number of ether oxygens (including phenoxy) is 1. The molecule has 0 radical (unpaired) electrons. The van der Waals surface area contributed by atoms with Gasteiger partial charge in [-0.15, -0.1) is 0 Å². The molecule has 0 aliphatic rings. The van der Waals surface area contributed by atoms with Gasteiger partial charge in [0.05, 0.1) is 6.21 Å². The molecule has 5 nitrogen and oxygen atoms in total. The van der Waals surface area contributed by atoms with Crippen molar-refractivity contribution in [3.63, 3.8) is 0 Å². The number of benzene rings is 2. The largest absolute Gasteiger partial charge is 0.484 e. The van der Waals surface area contributed by atoms with Crippen LogP contribution in [-0.4, -0.2) is 23.3 Å². The maximum atomic E-state index is 11.9. The molecule has 0 atom stereocenters. The first-order valence-electron chi connectivity index (χ1n) is 7.80. The molecular weight excluding hydrogens is 382 g/mol. The molecule has 0 fully saturated rings. The van der Waals surface area contributed by atoms with Gasteiger partial charge in [-0.2, -0.15) is 5.10 Å². The van der Waals surface area contributed by atoms with Crippen LogP contribution in [0.3, 0.4) is 0 Å². The van der Waals surface area contributed by atoms with Gasteiger partial charge in [-0.3, -0.25) is 4.79 Å². The summed E-state index contributed by atoms with van der Waals surface area (Å²) in [4.78, 5) is 11.9. The molecule has 128 valence electrons. The Bertz CT molecular complexity index is 930. The predicted molar refractivity (Wildman–Crippen MR) is 103 cm³/mol. The highest BCUT2D eigenvalue weighted by Gasteiger charge is 2.09. The minimum Gasteiger partial charge on any atom is -0.484 e. The first-order valence-corrected chi connectivity index (χ1v) is 8.60. The molecule has 2 aromatic carbocycles. The summed E-state index contributed by atoms with van der Waals surface area (Å²) in [5.74, 6) is 0.323. The van der Waals surface area contributed by atoms with Crippen LogP contribution in [0, 0.1) is 6.92 Å². The molecule has 1 amide bonds. The molecule has 6 heteroatoms. The maximum Gasteiger partial charge on any atom is 0.277 e. The molecule has 3 aromatic rings. The summed E-state index contributed by atoms with van der Waals surface area (Å²) in [5, 5.41) is 5.17. The molecule has 1 aromatic heterocycles. The number of para-hydroxylation sites is 1. The van der Waals surface area contributed by atoms with Gasteiger partial charge in [0.1, 0.15) is 5.75 Å². The number of halogens is 1. The molecular formula is C19H18BrN3O2. The quantitative estimate of drug-likeness (QED) is 0.524. The highest BCUT2D eigenvalue weighted by atomic mass is 79.9. The Labute approximate surface area is 154 Å². The minimum atomic E-state index is -0.308. The second-order valence-corrected chi connectivity index (χ2v) is 6.53. The van der Waals surface area contributed by atoms with E-state index in [0.29, 0.717) is 5.75 Å². The van der Waals surface area contributed by atoms with Gasteiger partial charge in [0.15, 0.2) is 6.61 Å². The Hall–Kier alpha value is -2.60. The maximum absolute atomic E-state index is 11.9. The second-order valence-electron chi connectivity index (χ2n) is 5.61. The highest BCUT2D eigenvalue weighted by molar-refractivity contribution is 9.10. The number of nitrogens with zero attached hydrogens (tertiary/aromatic N) is 2. The van der Waals surface area contributed by atoms with E-state index in [2.05, 4.69) is 37.1 Å². The van der Waals surface area contributed by atoms with Crippen molar-refractivity contribution < 1.29 is 9.53 Å². The molecule has 0 aliphatic carbocycles. The zero-order chi connectivity index (χ0) is 17.8. The van der Waals surface area contributed by atoms with Gasteiger partial charge in [0, 0.05) is 33.7 Å². The second kappa shape index (κ2) is 7.53. The lowest BCUT2D eigenvalue weighted by atomic mass is 10.1. The SMILES string of the molecule is Cc1c(/C=N/NC(=O)COc2ccc(Br)cc2)c2ccccc2n1C. The van der Waals surface area contributed by atoms with Gasteiger partial charge in [-0.05, 0) is 37.3 Å². The topological polar surface area (TPSA) is 55.6 Å².